The molecule has 2 aromatic rings. The largest absolute Gasteiger partial charge is 0.479 e. The first-order valence-corrected chi connectivity index (χ1v) is 6.74. The van der Waals surface area contributed by atoms with Crippen LogP contribution in [0.5, 0.6) is 5.75 Å². The van der Waals surface area contributed by atoms with E-state index in [-0.39, 0.29) is 5.91 Å². The smallest absolute Gasteiger partial charge is 0.266 e. The van der Waals surface area contributed by atoms with Crippen molar-refractivity contribution in [1.29, 1.82) is 0 Å². The van der Waals surface area contributed by atoms with Crippen molar-refractivity contribution in [2.75, 3.05) is 5.32 Å². The lowest BCUT2D eigenvalue weighted by Gasteiger charge is -2.14. The lowest BCUT2D eigenvalue weighted by Crippen LogP contribution is -2.30. The molecule has 0 aliphatic rings. The number of rotatable bonds is 4. The predicted molar refractivity (Wildman–Crippen MR) is 74.8 cm³/mol. The number of nitrogens with one attached hydrogen (secondary N) is 1. The molecule has 0 saturated carbocycles. The Hall–Kier alpha value is -1.66. The molecule has 0 spiro atoms. The summed E-state index contributed by atoms with van der Waals surface area (Å²) < 4.78 is 9.48. The first-order valence-electron chi connectivity index (χ1n) is 5.58. The average Bonchev–Trinajstić information content (AvgIpc) is 2.77. The normalized spacial score (nSPS) is 11.9. The molecule has 0 bridgehead atoms. The Kier molecular flexibility index (Phi) is 4.34. The second-order valence-electron chi connectivity index (χ2n) is 3.83. The Labute approximate surface area is 119 Å². The fourth-order valence-corrected chi connectivity index (χ4v) is 2.10. The molecule has 1 N–H and O–H groups in total. The molecular weight excluding hydrogens is 286 g/mol. The average molecular weight is 298 g/mol. The molecule has 19 heavy (non-hydrogen) atoms. The van der Waals surface area contributed by atoms with E-state index in [1.165, 1.54) is 0 Å². The predicted octanol–water partition coefficient (Wildman–Crippen LogP) is 2.91. The molecule has 0 radical (unpaired) electrons. The quantitative estimate of drug-likeness (QED) is 0.942. The number of ether oxygens (including phenoxy) is 1. The van der Waals surface area contributed by atoms with Crippen LogP contribution < -0.4 is 10.1 Å². The van der Waals surface area contributed by atoms with Crippen LogP contribution in [0.15, 0.2) is 24.3 Å². The van der Waals surface area contributed by atoms with E-state index in [1.807, 2.05) is 0 Å². The Morgan fingerprint density at radius 3 is 2.84 bits per heavy atom. The zero-order chi connectivity index (χ0) is 13.8. The van der Waals surface area contributed by atoms with Gasteiger partial charge < -0.3 is 4.74 Å². The van der Waals surface area contributed by atoms with Crippen LogP contribution in [0, 0.1) is 6.92 Å². The van der Waals surface area contributed by atoms with Crippen molar-refractivity contribution in [1.82, 2.24) is 9.36 Å². The second kappa shape index (κ2) is 5.99. The van der Waals surface area contributed by atoms with Crippen molar-refractivity contribution in [3.05, 3.63) is 35.1 Å². The maximum atomic E-state index is 11.9. The molecule has 5 nitrogen and oxygen atoms in total. The van der Waals surface area contributed by atoms with Gasteiger partial charge in [0, 0.05) is 11.5 Å². The number of benzene rings is 1. The van der Waals surface area contributed by atoms with Gasteiger partial charge in [0.25, 0.3) is 5.91 Å². The van der Waals surface area contributed by atoms with Crippen LogP contribution in [0.25, 0.3) is 0 Å². The highest BCUT2D eigenvalue weighted by Crippen LogP contribution is 2.24. The molecule has 1 aromatic carbocycles. The van der Waals surface area contributed by atoms with Gasteiger partial charge >= 0.3 is 0 Å². The molecule has 1 atom stereocenters. The summed E-state index contributed by atoms with van der Waals surface area (Å²) in [6.45, 7) is 3.41. The van der Waals surface area contributed by atoms with Crippen LogP contribution in [0.1, 0.15) is 12.7 Å². The topological polar surface area (TPSA) is 64.1 Å². The fraction of sp³-hybridized carbons (Fsp3) is 0.250. The molecule has 0 aliphatic heterocycles. The summed E-state index contributed by atoms with van der Waals surface area (Å²) in [4.78, 5) is 15.9. The standard InChI is InChI=1S/C12H12ClN3O2S/c1-7(18-10-6-4-3-5-9(10)13)11(17)15-12-14-8(2)16-19-12/h3-7H,1-2H3,(H,14,15,16,17). The van der Waals surface area contributed by atoms with Crippen molar-refractivity contribution in [2.45, 2.75) is 20.0 Å². The number of aromatic nitrogens is 2. The molecule has 2 rings (SSSR count). The van der Waals surface area contributed by atoms with Gasteiger partial charge in [-0.05, 0) is 26.0 Å². The third-order valence-corrected chi connectivity index (χ3v) is 3.30. The highest BCUT2D eigenvalue weighted by molar-refractivity contribution is 7.09. The maximum Gasteiger partial charge on any atom is 0.266 e. The number of carbonyl (C=O) groups is 1. The minimum Gasteiger partial charge on any atom is -0.479 e. The molecule has 1 heterocycles. The number of hydrogen-bond acceptors (Lipinski definition) is 5. The van der Waals surface area contributed by atoms with Gasteiger partial charge in [-0.2, -0.15) is 4.37 Å². The van der Waals surface area contributed by atoms with Crippen molar-refractivity contribution in [3.63, 3.8) is 0 Å². The SMILES string of the molecule is Cc1nsc(NC(=O)C(C)Oc2ccccc2Cl)n1. The molecule has 100 valence electrons. The van der Waals surface area contributed by atoms with Crippen molar-refractivity contribution in [2.24, 2.45) is 0 Å². The molecule has 0 saturated heterocycles. The highest BCUT2D eigenvalue weighted by Gasteiger charge is 2.17. The van der Waals surface area contributed by atoms with Crippen LogP contribution in [-0.2, 0) is 4.79 Å². The summed E-state index contributed by atoms with van der Waals surface area (Å²) in [5.41, 5.74) is 0. The van der Waals surface area contributed by atoms with Gasteiger partial charge in [-0.15, -0.1) is 0 Å². The van der Waals surface area contributed by atoms with E-state index in [0.717, 1.165) is 11.5 Å². The molecule has 0 fully saturated rings. The zero-order valence-electron chi connectivity index (χ0n) is 10.4. The number of hydrogen-bond donors (Lipinski definition) is 1. The van der Waals surface area contributed by atoms with Crippen molar-refractivity contribution >= 4 is 34.2 Å². The number of anilines is 1. The first kappa shape index (κ1) is 13.8. The number of para-hydroxylation sites is 1. The summed E-state index contributed by atoms with van der Waals surface area (Å²) in [7, 11) is 0. The Bertz CT molecular complexity index is 588. The van der Waals surface area contributed by atoms with Gasteiger partial charge in [-0.25, -0.2) is 4.98 Å². The van der Waals surface area contributed by atoms with Crippen molar-refractivity contribution in [3.8, 4) is 5.75 Å². The molecular formula is C12H12ClN3O2S. The molecule has 7 heteroatoms. The third kappa shape index (κ3) is 3.65. The zero-order valence-corrected chi connectivity index (χ0v) is 12.0. The van der Waals surface area contributed by atoms with Gasteiger partial charge in [-0.3, -0.25) is 10.1 Å². The molecule has 0 aliphatic carbocycles. The first-order chi connectivity index (χ1) is 9.06. The van der Waals surface area contributed by atoms with Crippen LogP contribution in [0.2, 0.25) is 5.02 Å². The Balaban J connectivity index is 1.98. The lowest BCUT2D eigenvalue weighted by molar-refractivity contribution is -0.122. The number of amides is 1. The van der Waals surface area contributed by atoms with E-state index in [0.29, 0.717) is 21.7 Å². The maximum absolute atomic E-state index is 11.9. The van der Waals surface area contributed by atoms with E-state index in [1.54, 1.807) is 38.1 Å². The molecule has 1 amide bonds. The molecule has 1 aromatic heterocycles. The minimum absolute atomic E-state index is 0.295. The van der Waals surface area contributed by atoms with Crippen LogP contribution >= 0.6 is 23.1 Å². The van der Waals surface area contributed by atoms with Gasteiger partial charge in [0.15, 0.2) is 6.10 Å². The lowest BCUT2D eigenvalue weighted by atomic mass is 10.3. The van der Waals surface area contributed by atoms with Gasteiger partial charge in [0.2, 0.25) is 5.13 Å². The monoisotopic (exact) mass is 297 g/mol. The van der Waals surface area contributed by atoms with Gasteiger partial charge in [0.05, 0.1) is 5.02 Å². The number of carbonyl (C=O) groups excluding carboxylic acids is 1. The van der Waals surface area contributed by atoms with Gasteiger partial charge in [-0.1, -0.05) is 23.7 Å². The minimum atomic E-state index is -0.677. The summed E-state index contributed by atoms with van der Waals surface area (Å²) >= 11 is 7.09. The van der Waals surface area contributed by atoms with E-state index in [9.17, 15) is 4.79 Å². The Morgan fingerprint density at radius 2 is 2.21 bits per heavy atom. The number of nitrogens with zero attached hydrogens (tertiary/aromatic N) is 2. The highest BCUT2D eigenvalue weighted by atomic mass is 35.5. The fourth-order valence-electron chi connectivity index (χ4n) is 1.34. The third-order valence-electron chi connectivity index (χ3n) is 2.27. The second-order valence-corrected chi connectivity index (χ2v) is 4.99. The Morgan fingerprint density at radius 1 is 1.47 bits per heavy atom. The van der Waals surface area contributed by atoms with E-state index in [2.05, 4.69) is 14.7 Å². The summed E-state index contributed by atoms with van der Waals surface area (Å²) in [5.74, 6) is 0.802. The number of halogens is 1. The van der Waals surface area contributed by atoms with Crippen LogP contribution in [0.3, 0.4) is 0 Å². The van der Waals surface area contributed by atoms with E-state index >= 15 is 0 Å². The number of aryl methyl sites for hydroxylation is 1. The van der Waals surface area contributed by atoms with E-state index < -0.39 is 6.10 Å². The van der Waals surface area contributed by atoms with Crippen LogP contribution in [-0.4, -0.2) is 21.4 Å². The molecule has 1 unspecified atom stereocenters. The van der Waals surface area contributed by atoms with Crippen LogP contribution in [0.4, 0.5) is 5.13 Å². The summed E-state index contributed by atoms with van der Waals surface area (Å²) in [6.07, 6.45) is -0.677. The van der Waals surface area contributed by atoms with Crippen molar-refractivity contribution < 1.29 is 9.53 Å². The summed E-state index contributed by atoms with van der Waals surface area (Å²) in [5, 5.41) is 3.56. The van der Waals surface area contributed by atoms with Gasteiger partial charge in [0.1, 0.15) is 11.6 Å². The van der Waals surface area contributed by atoms with E-state index in [4.69, 9.17) is 16.3 Å². The summed E-state index contributed by atoms with van der Waals surface area (Å²) in [6, 6.07) is 7.00.